The van der Waals surface area contributed by atoms with E-state index in [0.29, 0.717) is 13.1 Å². The van der Waals surface area contributed by atoms with Crippen LogP contribution in [0.4, 0.5) is 0 Å². The van der Waals surface area contributed by atoms with Crippen molar-refractivity contribution in [3.63, 3.8) is 0 Å². The third kappa shape index (κ3) is 6.07. The first kappa shape index (κ1) is 20.9. The van der Waals surface area contributed by atoms with Crippen molar-refractivity contribution in [2.24, 2.45) is 10.9 Å². The number of aromatic nitrogens is 3. The summed E-state index contributed by atoms with van der Waals surface area (Å²) in [7, 11) is 0. The van der Waals surface area contributed by atoms with Crippen molar-refractivity contribution < 1.29 is 4.74 Å². The summed E-state index contributed by atoms with van der Waals surface area (Å²) < 4.78 is 6.10. The van der Waals surface area contributed by atoms with Gasteiger partial charge in [-0.05, 0) is 55.9 Å². The van der Waals surface area contributed by atoms with Gasteiger partial charge in [-0.25, -0.2) is 9.98 Å². The minimum absolute atomic E-state index is 0.566. The van der Waals surface area contributed by atoms with Crippen LogP contribution < -0.4 is 15.4 Å². The highest BCUT2D eigenvalue weighted by Gasteiger charge is 2.22. The van der Waals surface area contributed by atoms with Gasteiger partial charge in [0.1, 0.15) is 12.1 Å². The maximum absolute atomic E-state index is 6.10. The van der Waals surface area contributed by atoms with Gasteiger partial charge in [-0.1, -0.05) is 30.3 Å². The molecular formula is C24H30N6O. The molecule has 162 valence electrons. The van der Waals surface area contributed by atoms with Crippen LogP contribution in [-0.2, 0) is 13.1 Å². The molecule has 1 aliphatic carbocycles. The number of aliphatic imine (C=N–C) groups is 1. The molecular weight excluding hydrogens is 388 g/mol. The maximum Gasteiger partial charge on any atom is 0.191 e. The largest absolute Gasteiger partial charge is 0.493 e. The maximum atomic E-state index is 6.10. The predicted molar refractivity (Wildman–Crippen MR) is 123 cm³/mol. The van der Waals surface area contributed by atoms with Crippen LogP contribution in [0.2, 0.25) is 0 Å². The van der Waals surface area contributed by atoms with E-state index in [9.17, 15) is 0 Å². The number of nitrogens with one attached hydrogen (secondary N) is 3. The average Bonchev–Trinajstić information content (AvgIpc) is 3.45. The van der Waals surface area contributed by atoms with Crippen LogP contribution in [0.3, 0.4) is 0 Å². The number of aryl methyl sites for hydroxylation is 1. The molecule has 2 aromatic carbocycles. The molecule has 0 amide bonds. The third-order valence-electron chi connectivity index (χ3n) is 5.22. The van der Waals surface area contributed by atoms with Crippen LogP contribution in [0.1, 0.15) is 36.5 Å². The van der Waals surface area contributed by atoms with E-state index < -0.39 is 0 Å². The smallest absolute Gasteiger partial charge is 0.191 e. The molecule has 1 heterocycles. The highest BCUT2D eigenvalue weighted by molar-refractivity contribution is 5.79. The number of guanidine groups is 1. The molecule has 7 heteroatoms. The molecule has 1 aliphatic rings. The Morgan fingerprint density at radius 2 is 2.10 bits per heavy atom. The normalized spacial score (nSPS) is 13.8. The topological polar surface area (TPSA) is 87.2 Å². The molecule has 0 bridgehead atoms. The Balaban J connectivity index is 1.41. The highest BCUT2D eigenvalue weighted by Crippen LogP contribution is 2.30. The van der Waals surface area contributed by atoms with E-state index in [4.69, 9.17) is 9.73 Å². The van der Waals surface area contributed by atoms with E-state index in [-0.39, 0.29) is 0 Å². The van der Waals surface area contributed by atoms with Crippen molar-refractivity contribution in [1.82, 2.24) is 25.8 Å². The van der Waals surface area contributed by atoms with Gasteiger partial charge in [0.15, 0.2) is 11.8 Å². The zero-order valence-electron chi connectivity index (χ0n) is 18.2. The van der Waals surface area contributed by atoms with Crippen LogP contribution in [-0.4, -0.2) is 34.3 Å². The molecule has 3 N–H and O–H groups in total. The predicted octanol–water partition coefficient (Wildman–Crippen LogP) is 3.82. The van der Waals surface area contributed by atoms with E-state index in [0.717, 1.165) is 53.3 Å². The standard InChI is InChI=1S/C24H30N6O/c1-3-25-24(26-13-19-5-4-6-20(12-19)23-28-16-29-30-23)27-14-21-10-7-17(2)11-22(21)31-15-18-8-9-18/h4-7,10-12,16,18H,3,8-9,13-15H2,1-2H3,(H2,25,26,27)(H,28,29,30). The number of aromatic amines is 1. The monoisotopic (exact) mass is 418 g/mol. The van der Waals surface area contributed by atoms with Crippen molar-refractivity contribution >= 4 is 5.96 Å². The zero-order valence-corrected chi connectivity index (χ0v) is 18.2. The van der Waals surface area contributed by atoms with Gasteiger partial charge >= 0.3 is 0 Å². The first-order valence-corrected chi connectivity index (χ1v) is 10.9. The number of hydrogen-bond acceptors (Lipinski definition) is 4. The molecule has 0 atom stereocenters. The third-order valence-corrected chi connectivity index (χ3v) is 5.22. The second-order valence-corrected chi connectivity index (χ2v) is 7.95. The summed E-state index contributed by atoms with van der Waals surface area (Å²) in [6.45, 7) is 6.99. The van der Waals surface area contributed by atoms with Crippen LogP contribution in [0.15, 0.2) is 53.8 Å². The highest BCUT2D eigenvalue weighted by atomic mass is 16.5. The summed E-state index contributed by atoms with van der Waals surface area (Å²) in [5, 5.41) is 13.6. The molecule has 0 saturated heterocycles. The van der Waals surface area contributed by atoms with E-state index in [1.54, 1.807) is 0 Å². The second-order valence-electron chi connectivity index (χ2n) is 7.95. The summed E-state index contributed by atoms with van der Waals surface area (Å²) in [5.41, 5.74) is 4.46. The Morgan fingerprint density at radius 1 is 1.19 bits per heavy atom. The Bertz CT molecular complexity index is 1010. The van der Waals surface area contributed by atoms with Crippen LogP contribution in [0.5, 0.6) is 5.75 Å². The van der Waals surface area contributed by atoms with Crippen molar-refractivity contribution in [1.29, 1.82) is 0 Å². The lowest BCUT2D eigenvalue weighted by molar-refractivity contribution is 0.296. The van der Waals surface area contributed by atoms with Gasteiger partial charge < -0.3 is 15.4 Å². The molecule has 31 heavy (non-hydrogen) atoms. The lowest BCUT2D eigenvalue weighted by atomic mass is 10.1. The van der Waals surface area contributed by atoms with Crippen molar-refractivity contribution in [2.75, 3.05) is 13.2 Å². The number of benzene rings is 2. The zero-order chi connectivity index (χ0) is 21.5. The molecule has 1 fully saturated rings. The summed E-state index contributed by atoms with van der Waals surface area (Å²) in [5.74, 6) is 3.23. The van der Waals surface area contributed by atoms with Gasteiger partial charge in [-0.2, -0.15) is 5.10 Å². The van der Waals surface area contributed by atoms with Crippen LogP contribution in [0.25, 0.3) is 11.4 Å². The van der Waals surface area contributed by atoms with Gasteiger partial charge in [0, 0.05) is 24.2 Å². The summed E-state index contributed by atoms with van der Waals surface area (Å²) >= 11 is 0. The van der Waals surface area contributed by atoms with Gasteiger partial charge in [0.25, 0.3) is 0 Å². The second kappa shape index (κ2) is 10.1. The van der Waals surface area contributed by atoms with Crippen molar-refractivity contribution in [2.45, 2.75) is 39.8 Å². The minimum Gasteiger partial charge on any atom is -0.493 e. The van der Waals surface area contributed by atoms with E-state index >= 15 is 0 Å². The SMILES string of the molecule is CCNC(=NCc1cccc(-c2ncn[nH]2)c1)NCc1ccc(C)cc1OCC1CC1. The first-order chi connectivity index (χ1) is 15.2. The van der Waals surface area contributed by atoms with Gasteiger partial charge in [-0.3, -0.25) is 5.10 Å². The fourth-order valence-corrected chi connectivity index (χ4v) is 3.29. The Morgan fingerprint density at radius 3 is 2.87 bits per heavy atom. The minimum atomic E-state index is 0.566. The van der Waals surface area contributed by atoms with Gasteiger partial charge in [0.2, 0.25) is 0 Å². The molecule has 1 saturated carbocycles. The number of ether oxygens (including phenoxy) is 1. The van der Waals surface area contributed by atoms with Gasteiger partial charge in [-0.15, -0.1) is 0 Å². The Kier molecular flexibility index (Phi) is 6.82. The lowest BCUT2D eigenvalue weighted by Gasteiger charge is -2.15. The van der Waals surface area contributed by atoms with Crippen LogP contribution in [0, 0.1) is 12.8 Å². The Hall–Kier alpha value is -3.35. The summed E-state index contributed by atoms with van der Waals surface area (Å²) in [6, 6.07) is 14.6. The first-order valence-electron chi connectivity index (χ1n) is 10.9. The average molecular weight is 419 g/mol. The number of rotatable bonds is 9. The quantitative estimate of drug-likeness (QED) is 0.363. The molecule has 0 radical (unpaired) electrons. The van der Waals surface area contributed by atoms with E-state index in [2.05, 4.69) is 70.0 Å². The number of H-pyrrole nitrogens is 1. The summed E-state index contributed by atoms with van der Waals surface area (Å²) in [4.78, 5) is 8.98. The molecule has 4 rings (SSSR count). The number of hydrogen-bond donors (Lipinski definition) is 3. The fourth-order valence-electron chi connectivity index (χ4n) is 3.29. The molecule has 7 nitrogen and oxygen atoms in total. The lowest BCUT2D eigenvalue weighted by Crippen LogP contribution is -2.36. The molecule has 3 aromatic rings. The van der Waals surface area contributed by atoms with Gasteiger partial charge in [0.05, 0.1) is 13.2 Å². The van der Waals surface area contributed by atoms with Crippen molar-refractivity contribution in [3.8, 4) is 17.1 Å². The fraction of sp³-hybridized carbons (Fsp3) is 0.375. The molecule has 0 aliphatic heterocycles. The Labute approximate surface area is 183 Å². The summed E-state index contributed by atoms with van der Waals surface area (Å²) in [6.07, 6.45) is 4.09. The van der Waals surface area contributed by atoms with Crippen molar-refractivity contribution in [3.05, 3.63) is 65.5 Å². The van der Waals surface area contributed by atoms with Crippen LogP contribution >= 0.6 is 0 Å². The van der Waals surface area contributed by atoms with E-state index in [1.807, 2.05) is 12.1 Å². The molecule has 1 aromatic heterocycles. The number of nitrogens with zero attached hydrogens (tertiary/aromatic N) is 3. The molecule has 0 spiro atoms. The molecule has 0 unspecified atom stereocenters. The van der Waals surface area contributed by atoms with E-state index in [1.165, 1.54) is 24.7 Å².